The molecule has 128 valence electrons. The lowest BCUT2D eigenvalue weighted by Gasteiger charge is -2.05. The first kappa shape index (κ1) is 16.0. The highest BCUT2D eigenvalue weighted by atomic mass is 15.2. The predicted molar refractivity (Wildman–Crippen MR) is 106 cm³/mol. The highest BCUT2D eigenvalue weighted by Crippen LogP contribution is 2.17. The van der Waals surface area contributed by atoms with E-state index in [-0.39, 0.29) is 0 Å². The second kappa shape index (κ2) is 6.80. The van der Waals surface area contributed by atoms with E-state index in [9.17, 15) is 0 Å². The quantitative estimate of drug-likeness (QED) is 0.394. The normalized spacial score (nSPS) is 11.8. The number of nitrogens with two attached hydrogens (primary N) is 1. The number of nitrogens with zero attached hydrogens (tertiary/aromatic N) is 2. The molecule has 4 aromatic rings. The molecule has 0 aliphatic heterocycles. The van der Waals surface area contributed by atoms with Gasteiger partial charge in [-0.2, -0.15) is 4.98 Å². The summed E-state index contributed by atoms with van der Waals surface area (Å²) < 4.78 is 0. The fourth-order valence-corrected chi connectivity index (χ4v) is 3.09. The van der Waals surface area contributed by atoms with Gasteiger partial charge in [0.25, 0.3) is 5.95 Å². The van der Waals surface area contributed by atoms with Gasteiger partial charge in [0.05, 0.1) is 17.8 Å². The zero-order chi connectivity index (χ0) is 17.9. The van der Waals surface area contributed by atoms with E-state index >= 15 is 0 Å². The number of aryl methyl sites for hydroxylation is 1. The number of para-hydroxylation sites is 1. The first-order valence-electron chi connectivity index (χ1n) is 8.54. The SMILES string of the molecule is Cc1nc(NC(N)=[NH+]Cc2cccc3ccccc23)nc2ccccc12. The van der Waals surface area contributed by atoms with Crippen LogP contribution in [0.4, 0.5) is 5.95 Å². The molecule has 4 N–H and O–H groups in total. The summed E-state index contributed by atoms with van der Waals surface area (Å²) in [4.78, 5) is 12.2. The Morgan fingerprint density at radius 1 is 0.923 bits per heavy atom. The van der Waals surface area contributed by atoms with Gasteiger partial charge in [0.1, 0.15) is 0 Å². The number of fused-ring (bicyclic) bond motifs is 2. The zero-order valence-corrected chi connectivity index (χ0v) is 14.5. The van der Waals surface area contributed by atoms with Gasteiger partial charge in [0.2, 0.25) is 0 Å². The second-order valence-electron chi connectivity index (χ2n) is 6.18. The van der Waals surface area contributed by atoms with Crippen molar-refractivity contribution in [3.05, 3.63) is 78.0 Å². The molecule has 0 fully saturated rings. The van der Waals surface area contributed by atoms with Crippen molar-refractivity contribution in [2.45, 2.75) is 13.5 Å². The number of rotatable bonds is 3. The minimum Gasteiger partial charge on any atom is -0.290 e. The Bertz CT molecular complexity index is 1110. The molecule has 5 heteroatoms. The number of aromatic nitrogens is 2. The monoisotopic (exact) mass is 342 g/mol. The highest BCUT2D eigenvalue weighted by Gasteiger charge is 2.09. The minimum atomic E-state index is 0.424. The Morgan fingerprint density at radius 2 is 1.65 bits per heavy atom. The maximum atomic E-state index is 6.11. The molecule has 1 aromatic heterocycles. The van der Waals surface area contributed by atoms with Crippen molar-refractivity contribution < 1.29 is 4.99 Å². The number of benzene rings is 3. The molecule has 0 aliphatic rings. The van der Waals surface area contributed by atoms with Crippen molar-refractivity contribution in [2.24, 2.45) is 5.73 Å². The highest BCUT2D eigenvalue weighted by molar-refractivity contribution is 5.89. The van der Waals surface area contributed by atoms with Crippen molar-refractivity contribution in [3.63, 3.8) is 0 Å². The van der Waals surface area contributed by atoms with Crippen LogP contribution in [-0.4, -0.2) is 15.9 Å². The molecule has 0 amide bonds. The number of hydrogen-bond donors (Lipinski definition) is 3. The molecule has 26 heavy (non-hydrogen) atoms. The molecule has 4 rings (SSSR count). The Hall–Kier alpha value is -3.47. The van der Waals surface area contributed by atoms with Crippen LogP contribution in [0.1, 0.15) is 11.3 Å². The predicted octanol–water partition coefficient (Wildman–Crippen LogP) is 2.10. The molecule has 3 aromatic carbocycles. The number of hydrogen-bond acceptors (Lipinski definition) is 2. The largest absolute Gasteiger partial charge is 0.348 e. The topological polar surface area (TPSA) is 77.8 Å². The van der Waals surface area contributed by atoms with Crippen LogP contribution in [0.3, 0.4) is 0 Å². The van der Waals surface area contributed by atoms with Crippen LogP contribution in [0.25, 0.3) is 21.7 Å². The van der Waals surface area contributed by atoms with E-state index in [4.69, 9.17) is 5.73 Å². The van der Waals surface area contributed by atoms with Crippen LogP contribution in [0.2, 0.25) is 0 Å². The molecule has 0 saturated heterocycles. The first-order chi connectivity index (χ1) is 12.7. The van der Waals surface area contributed by atoms with Crippen molar-refractivity contribution in [2.75, 3.05) is 5.32 Å². The summed E-state index contributed by atoms with van der Waals surface area (Å²) in [7, 11) is 0. The molecule has 0 atom stereocenters. The van der Waals surface area contributed by atoms with Gasteiger partial charge in [-0.1, -0.05) is 60.7 Å². The summed E-state index contributed by atoms with van der Waals surface area (Å²) >= 11 is 0. The molecule has 0 radical (unpaired) electrons. The fraction of sp³-hybridized carbons (Fsp3) is 0.0952. The smallest absolute Gasteiger partial charge is 0.290 e. The van der Waals surface area contributed by atoms with Gasteiger partial charge in [-0.25, -0.2) is 10.3 Å². The van der Waals surface area contributed by atoms with Gasteiger partial charge < -0.3 is 0 Å². The van der Waals surface area contributed by atoms with Crippen LogP contribution in [0.5, 0.6) is 0 Å². The van der Waals surface area contributed by atoms with Gasteiger partial charge in [-0.15, -0.1) is 0 Å². The fourth-order valence-electron chi connectivity index (χ4n) is 3.09. The first-order valence-corrected chi connectivity index (χ1v) is 8.54. The molecular formula is C21H20N5+. The number of guanidine groups is 1. The molecule has 5 nitrogen and oxygen atoms in total. The lowest BCUT2D eigenvalue weighted by Crippen LogP contribution is -2.75. The Morgan fingerprint density at radius 3 is 2.54 bits per heavy atom. The third kappa shape index (κ3) is 3.19. The van der Waals surface area contributed by atoms with Crippen LogP contribution in [0.15, 0.2) is 66.7 Å². The van der Waals surface area contributed by atoms with E-state index in [1.54, 1.807) is 0 Å². The molecule has 1 heterocycles. The number of anilines is 1. The minimum absolute atomic E-state index is 0.424. The van der Waals surface area contributed by atoms with Crippen LogP contribution in [0, 0.1) is 6.92 Å². The Balaban J connectivity index is 1.57. The van der Waals surface area contributed by atoms with Gasteiger partial charge in [-0.05, 0) is 29.3 Å². The average molecular weight is 342 g/mol. The van der Waals surface area contributed by atoms with Gasteiger partial charge in [0.15, 0.2) is 0 Å². The molecule has 0 bridgehead atoms. The standard InChI is InChI=1S/C21H19N5/c1-14-17-10-4-5-12-19(17)25-21(24-14)26-20(22)23-13-16-9-6-8-15-7-2-3-11-18(15)16/h2-12H,13H2,1H3,(H3,22,23,24,25,26)/p+1. The lowest BCUT2D eigenvalue weighted by molar-refractivity contribution is -0.475. The second-order valence-corrected chi connectivity index (χ2v) is 6.18. The summed E-state index contributed by atoms with van der Waals surface area (Å²) in [5.74, 6) is 0.914. The summed E-state index contributed by atoms with van der Waals surface area (Å²) in [6, 6.07) is 22.5. The Labute approximate surface area is 151 Å². The van der Waals surface area contributed by atoms with Crippen LogP contribution in [-0.2, 0) is 6.54 Å². The number of nitrogens with one attached hydrogen (secondary N) is 2. The lowest BCUT2D eigenvalue weighted by atomic mass is 10.1. The van der Waals surface area contributed by atoms with Crippen LogP contribution >= 0.6 is 0 Å². The van der Waals surface area contributed by atoms with E-state index in [0.717, 1.165) is 16.6 Å². The van der Waals surface area contributed by atoms with E-state index < -0.39 is 0 Å². The summed E-state index contributed by atoms with van der Waals surface area (Å²) in [6.45, 7) is 2.58. The van der Waals surface area contributed by atoms with Gasteiger partial charge in [0, 0.05) is 5.39 Å². The average Bonchev–Trinajstić information content (AvgIpc) is 2.66. The molecule has 0 spiro atoms. The maximum absolute atomic E-state index is 6.11. The zero-order valence-electron chi connectivity index (χ0n) is 14.5. The Kier molecular flexibility index (Phi) is 4.19. The van der Waals surface area contributed by atoms with Crippen molar-refractivity contribution in [3.8, 4) is 0 Å². The van der Waals surface area contributed by atoms with Crippen LogP contribution < -0.4 is 16.0 Å². The van der Waals surface area contributed by atoms with Crippen molar-refractivity contribution in [1.29, 1.82) is 0 Å². The maximum Gasteiger partial charge on any atom is 0.348 e. The summed E-state index contributed by atoms with van der Waals surface area (Å²) in [5.41, 5.74) is 9.10. The van der Waals surface area contributed by atoms with Crippen molar-refractivity contribution in [1.82, 2.24) is 9.97 Å². The molecule has 0 saturated carbocycles. The van der Waals surface area contributed by atoms with Gasteiger partial charge >= 0.3 is 5.96 Å². The van der Waals surface area contributed by atoms with E-state index in [1.165, 1.54) is 16.3 Å². The van der Waals surface area contributed by atoms with E-state index in [0.29, 0.717) is 18.5 Å². The third-order valence-electron chi connectivity index (χ3n) is 4.39. The van der Waals surface area contributed by atoms with Gasteiger partial charge in [-0.3, -0.25) is 10.7 Å². The molecule has 0 unspecified atom stereocenters. The van der Waals surface area contributed by atoms with E-state index in [1.807, 2.05) is 43.3 Å². The summed E-state index contributed by atoms with van der Waals surface area (Å²) in [5, 5.41) is 6.53. The molecule has 0 aliphatic carbocycles. The van der Waals surface area contributed by atoms with E-state index in [2.05, 4.69) is 50.6 Å². The summed E-state index contributed by atoms with van der Waals surface area (Å²) in [6.07, 6.45) is 0. The van der Waals surface area contributed by atoms with Crippen molar-refractivity contribution >= 4 is 33.6 Å². The molecular weight excluding hydrogens is 322 g/mol. The third-order valence-corrected chi connectivity index (χ3v) is 4.39.